The van der Waals surface area contributed by atoms with E-state index in [0.717, 1.165) is 43.0 Å². The lowest BCUT2D eigenvalue weighted by atomic mass is 10.1. The van der Waals surface area contributed by atoms with E-state index in [0.29, 0.717) is 5.75 Å². The highest BCUT2D eigenvalue weighted by Crippen LogP contribution is 2.34. The van der Waals surface area contributed by atoms with Crippen LogP contribution in [0.4, 0.5) is 5.69 Å². The summed E-state index contributed by atoms with van der Waals surface area (Å²) < 4.78 is 11.4. The van der Waals surface area contributed by atoms with Crippen LogP contribution in [-0.4, -0.2) is 25.0 Å². The Labute approximate surface area is 114 Å². The van der Waals surface area contributed by atoms with E-state index in [1.165, 1.54) is 6.92 Å². The summed E-state index contributed by atoms with van der Waals surface area (Å²) in [6, 6.07) is 3.80. The third kappa shape index (κ3) is 3.40. The number of nitrogens with one attached hydrogen (secondary N) is 1. The molecule has 0 amide bonds. The first-order chi connectivity index (χ1) is 9.08. The Balaban J connectivity index is 2.25. The number of hydrogen-bond donors (Lipinski definition) is 1. The summed E-state index contributed by atoms with van der Waals surface area (Å²) in [7, 11) is 0. The molecule has 1 N–H and O–H groups in total. The summed E-state index contributed by atoms with van der Waals surface area (Å²) in [4.78, 5) is 11.3. The van der Waals surface area contributed by atoms with Crippen molar-refractivity contribution in [3.8, 4) is 11.5 Å². The molecule has 0 saturated heterocycles. The van der Waals surface area contributed by atoms with E-state index in [1.807, 2.05) is 19.1 Å². The summed E-state index contributed by atoms with van der Waals surface area (Å²) in [6.45, 7) is 6.99. The molecule has 0 unspecified atom stereocenters. The van der Waals surface area contributed by atoms with Gasteiger partial charge in [-0.25, -0.2) is 0 Å². The van der Waals surface area contributed by atoms with Gasteiger partial charge in [-0.15, -0.1) is 0 Å². The zero-order valence-electron chi connectivity index (χ0n) is 11.8. The van der Waals surface area contributed by atoms with Gasteiger partial charge in [-0.3, -0.25) is 4.79 Å². The van der Waals surface area contributed by atoms with Crippen LogP contribution in [0.5, 0.6) is 11.5 Å². The SMILES string of the molecule is CC(=O)[C@@H](C)Oc1cc(C)c2c(c1)OCCCCN2. The molecule has 0 spiro atoms. The molecule has 0 radical (unpaired) electrons. The van der Waals surface area contributed by atoms with E-state index in [2.05, 4.69) is 5.32 Å². The summed E-state index contributed by atoms with van der Waals surface area (Å²) in [6.07, 6.45) is 1.72. The van der Waals surface area contributed by atoms with E-state index in [-0.39, 0.29) is 5.78 Å². The summed E-state index contributed by atoms with van der Waals surface area (Å²) in [5, 5.41) is 3.39. The van der Waals surface area contributed by atoms with Crippen LogP contribution in [0.3, 0.4) is 0 Å². The second-order valence-electron chi connectivity index (χ2n) is 4.97. The molecule has 1 atom stereocenters. The van der Waals surface area contributed by atoms with Crippen LogP contribution < -0.4 is 14.8 Å². The van der Waals surface area contributed by atoms with Crippen LogP contribution in [0.2, 0.25) is 0 Å². The van der Waals surface area contributed by atoms with E-state index in [9.17, 15) is 4.79 Å². The third-order valence-corrected chi connectivity index (χ3v) is 3.29. The van der Waals surface area contributed by atoms with Gasteiger partial charge in [0.05, 0.1) is 12.3 Å². The van der Waals surface area contributed by atoms with Crippen LogP contribution in [0.25, 0.3) is 0 Å². The van der Waals surface area contributed by atoms with Crippen molar-refractivity contribution in [1.82, 2.24) is 0 Å². The average molecular weight is 263 g/mol. The third-order valence-electron chi connectivity index (χ3n) is 3.29. The maximum Gasteiger partial charge on any atom is 0.169 e. The molecule has 0 aliphatic carbocycles. The standard InChI is InChI=1S/C15H21NO3/c1-10-8-13(19-12(3)11(2)17)9-14-15(10)16-6-4-5-7-18-14/h8-9,12,16H,4-7H2,1-3H3/t12-/m1/s1. The fourth-order valence-corrected chi connectivity index (χ4v) is 2.04. The highest BCUT2D eigenvalue weighted by molar-refractivity contribution is 5.80. The van der Waals surface area contributed by atoms with Gasteiger partial charge in [0.25, 0.3) is 0 Å². The Morgan fingerprint density at radius 1 is 1.42 bits per heavy atom. The second-order valence-corrected chi connectivity index (χ2v) is 4.97. The summed E-state index contributed by atoms with van der Waals surface area (Å²) >= 11 is 0. The minimum Gasteiger partial charge on any atom is -0.491 e. The Hall–Kier alpha value is -1.71. The minimum atomic E-state index is -0.432. The molecule has 1 heterocycles. The molecule has 1 aliphatic heterocycles. The van der Waals surface area contributed by atoms with E-state index >= 15 is 0 Å². The molecular weight excluding hydrogens is 242 g/mol. The van der Waals surface area contributed by atoms with Gasteiger partial charge in [0.1, 0.15) is 11.5 Å². The Morgan fingerprint density at radius 3 is 2.95 bits per heavy atom. The number of anilines is 1. The Bertz CT molecular complexity index is 471. The molecule has 1 aromatic rings. The zero-order valence-corrected chi connectivity index (χ0v) is 11.8. The molecule has 104 valence electrons. The van der Waals surface area contributed by atoms with Gasteiger partial charge in [-0.1, -0.05) is 0 Å². The number of rotatable bonds is 3. The van der Waals surface area contributed by atoms with Gasteiger partial charge in [0, 0.05) is 12.6 Å². The van der Waals surface area contributed by atoms with Crippen molar-refractivity contribution in [2.75, 3.05) is 18.5 Å². The van der Waals surface area contributed by atoms with Crippen LogP contribution in [0.1, 0.15) is 32.3 Å². The predicted octanol–water partition coefficient (Wildman–Crippen LogP) is 2.94. The maximum absolute atomic E-state index is 11.3. The fourth-order valence-electron chi connectivity index (χ4n) is 2.04. The van der Waals surface area contributed by atoms with Gasteiger partial charge >= 0.3 is 0 Å². The quantitative estimate of drug-likeness (QED) is 0.911. The number of aryl methyl sites for hydroxylation is 1. The Morgan fingerprint density at radius 2 is 2.21 bits per heavy atom. The largest absolute Gasteiger partial charge is 0.491 e. The van der Waals surface area contributed by atoms with Crippen molar-refractivity contribution in [1.29, 1.82) is 0 Å². The number of ketones is 1. The number of ether oxygens (including phenoxy) is 2. The van der Waals surface area contributed by atoms with E-state index in [4.69, 9.17) is 9.47 Å². The highest BCUT2D eigenvalue weighted by Gasteiger charge is 2.15. The molecule has 0 saturated carbocycles. The smallest absolute Gasteiger partial charge is 0.169 e. The topological polar surface area (TPSA) is 47.6 Å². The van der Waals surface area contributed by atoms with Gasteiger partial charge in [-0.2, -0.15) is 0 Å². The molecule has 0 bridgehead atoms. The molecule has 19 heavy (non-hydrogen) atoms. The lowest BCUT2D eigenvalue weighted by Crippen LogP contribution is -2.21. The molecule has 1 aliphatic rings. The highest BCUT2D eigenvalue weighted by atomic mass is 16.5. The monoisotopic (exact) mass is 263 g/mol. The Kier molecular flexibility index (Phi) is 4.30. The molecule has 0 fully saturated rings. The van der Waals surface area contributed by atoms with Crippen molar-refractivity contribution in [2.24, 2.45) is 0 Å². The molecule has 0 aromatic heterocycles. The van der Waals surface area contributed by atoms with Gasteiger partial charge in [0.15, 0.2) is 11.9 Å². The van der Waals surface area contributed by atoms with Crippen molar-refractivity contribution >= 4 is 11.5 Å². The zero-order chi connectivity index (χ0) is 13.8. The number of Topliss-reactive ketones (excluding diaryl/α,β-unsaturated/α-hetero) is 1. The lowest BCUT2D eigenvalue weighted by molar-refractivity contribution is -0.122. The number of hydrogen-bond acceptors (Lipinski definition) is 4. The maximum atomic E-state index is 11.3. The summed E-state index contributed by atoms with van der Waals surface area (Å²) in [5.41, 5.74) is 2.10. The van der Waals surface area contributed by atoms with Gasteiger partial charge in [-0.05, 0) is 45.2 Å². The van der Waals surface area contributed by atoms with E-state index < -0.39 is 6.10 Å². The first kappa shape index (κ1) is 13.7. The van der Waals surface area contributed by atoms with Crippen molar-refractivity contribution < 1.29 is 14.3 Å². The van der Waals surface area contributed by atoms with Crippen LogP contribution in [-0.2, 0) is 4.79 Å². The van der Waals surface area contributed by atoms with Crippen LogP contribution >= 0.6 is 0 Å². The number of fused-ring (bicyclic) bond motifs is 1. The normalized spacial score (nSPS) is 16.2. The molecule has 4 nitrogen and oxygen atoms in total. The molecule has 1 aromatic carbocycles. The molecule has 2 rings (SSSR count). The lowest BCUT2D eigenvalue weighted by Gasteiger charge is -2.21. The summed E-state index contributed by atoms with van der Waals surface area (Å²) in [5.74, 6) is 1.51. The number of carbonyl (C=O) groups is 1. The number of carbonyl (C=O) groups excluding carboxylic acids is 1. The molecule has 4 heteroatoms. The first-order valence-corrected chi connectivity index (χ1v) is 6.76. The molecular formula is C15H21NO3. The number of benzene rings is 1. The van der Waals surface area contributed by atoms with Crippen LogP contribution in [0, 0.1) is 6.92 Å². The van der Waals surface area contributed by atoms with Gasteiger partial charge < -0.3 is 14.8 Å². The minimum absolute atomic E-state index is 0.0171. The van der Waals surface area contributed by atoms with E-state index in [1.54, 1.807) is 6.92 Å². The second kappa shape index (κ2) is 5.95. The van der Waals surface area contributed by atoms with Crippen molar-refractivity contribution in [3.63, 3.8) is 0 Å². The van der Waals surface area contributed by atoms with Gasteiger partial charge in [0.2, 0.25) is 0 Å². The fraction of sp³-hybridized carbons (Fsp3) is 0.533. The average Bonchev–Trinajstić information content (AvgIpc) is 2.31. The first-order valence-electron chi connectivity index (χ1n) is 6.76. The predicted molar refractivity (Wildman–Crippen MR) is 75.2 cm³/mol. The van der Waals surface area contributed by atoms with Crippen molar-refractivity contribution in [3.05, 3.63) is 17.7 Å². The van der Waals surface area contributed by atoms with Crippen LogP contribution in [0.15, 0.2) is 12.1 Å². The van der Waals surface area contributed by atoms with Crippen molar-refractivity contribution in [2.45, 2.75) is 39.7 Å².